The number of carbonyl (C=O) groups is 1. The van der Waals surface area contributed by atoms with E-state index in [9.17, 15) is 18.0 Å². The van der Waals surface area contributed by atoms with Gasteiger partial charge in [0.2, 0.25) is 5.91 Å². The number of nitrogens with zero attached hydrogens (tertiary/aromatic N) is 1. The number of hydrogen-bond donors (Lipinski definition) is 1. The van der Waals surface area contributed by atoms with E-state index in [0.29, 0.717) is 11.1 Å². The molecule has 0 aromatic heterocycles. The number of halogens is 3. The van der Waals surface area contributed by atoms with Crippen molar-refractivity contribution >= 4 is 16.7 Å². The van der Waals surface area contributed by atoms with Gasteiger partial charge in [0.15, 0.2) is 0 Å². The van der Waals surface area contributed by atoms with Crippen LogP contribution in [0.3, 0.4) is 0 Å². The molecule has 2 aromatic rings. The van der Waals surface area contributed by atoms with Crippen molar-refractivity contribution in [2.75, 3.05) is 13.7 Å². The van der Waals surface area contributed by atoms with Crippen LogP contribution in [0.2, 0.25) is 0 Å². The Kier molecular flexibility index (Phi) is 4.15. The molecule has 0 aliphatic carbocycles. The number of hydrazine groups is 1. The summed E-state index contributed by atoms with van der Waals surface area (Å²) >= 11 is 0. The minimum atomic E-state index is -4.54. The predicted molar refractivity (Wildman–Crippen MR) is 87.9 cm³/mol. The zero-order valence-electron chi connectivity index (χ0n) is 14.1. The van der Waals surface area contributed by atoms with Crippen LogP contribution in [0.5, 0.6) is 5.75 Å². The van der Waals surface area contributed by atoms with Gasteiger partial charge in [-0.2, -0.15) is 13.2 Å². The Hall–Kier alpha value is -2.28. The second kappa shape index (κ2) is 5.91. The first-order chi connectivity index (χ1) is 11.6. The van der Waals surface area contributed by atoms with Crippen LogP contribution in [0.1, 0.15) is 25.5 Å². The molecule has 2 aromatic carbocycles. The van der Waals surface area contributed by atoms with Gasteiger partial charge in [0.1, 0.15) is 11.8 Å². The van der Waals surface area contributed by atoms with Crippen molar-refractivity contribution in [1.29, 1.82) is 0 Å². The molecule has 0 spiro atoms. The molecule has 0 saturated carbocycles. The number of rotatable bonds is 3. The molecule has 25 heavy (non-hydrogen) atoms. The summed E-state index contributed by atoms with van der Waals surface area (Å²) in [6.07, 6.45) is -4.54. The van der Waals surface area contributed by atoms with Crippen LogP contribution < -0.4 is 10.2 Å². The molecular formula is C18H19F3N2O2. The molecule has 1 unspecified atom stereocenters. The number of carbonyl (C=O) groups excluding carboxylic acids is 1. The van der Waals surface area contributed by atoms with Gasteiger partial charge < -0.3 is 4.74 Å². The van der Waals surface area contributed by atoms with Gasteiger partial charge in [0, 0.05) is 11.9 Å². The van der Waals surface area contributed by atoms with E-state index in [1.165, 1.54) is 19.2 Å². The number of methoxy groups -OCH3 is 1. The molecule has 0 radical (unpaired) electrons. The van der Waals surface area contributed by atoms with Crippen LogP contribution in [0, 0.1) is 5.41 Å². The van der Waals surface area contributed by atoms with Crippen molar-refractivity contribution < 1.29 is 22.7 Å². The Labute approximate surface area is 143 Å². The number of fused-ring (bicyclic) bond motifs is 1. The lowest BCUT2D eigenvalue weighted by molar-refractivity contribution is -0.191. The fourth-order valence-electron chi connectivity index (χ4n) is 3.13. The van der Waals surface area contributed by atoms with E-state index in [0.717, 1.165) is 10.4 Å². The van der Waals surface area contributed by atoms with E-state index in [4.69, 9.17) is 4.74 Å². The topological polar surface area (TPSA) is 41.6 Å². The van der Waals surface area contributed by atoms with Gasteiger partial charge in [-0.15, -0.1) is 0 Å². The van der Waals surface area contributed by atoms with Crippen LogP contribution in [0.15, 0.2) is 36.4 Å². The molecule has 1 aliphatic rings. The Morgan fingerprint density at radius 3 is 2.52 bits per heavy atom. The Bertz CT molecular complexity index is 818. The molecule has 1 aliphatic heterocycles. The van der Waals surface area contributed by atoms with E-state index in [-0.39, 0.29) is 12.1 Å². The van der Waals surface area contributed by atoms with E-state index < -0.39 is 23.5 Å². The maximum Gasteiger partial charge on any atom is 0.409 e. The average Bonchev–Trinajstić information content (AvgIpc) is 2.78. The molecule has 1 fully saturated rings. The molecular weight excluding hydrogens is 333 g/mol. The monoisotopic (exact) mass is 352 g/mol. The van der Waals surface area contributed by atoms with Crippen molar-refractivity contribution in [3.63, 3.8) is 0 Å². The summed E-state index contributed by atoms with van der Waals surface area (Å²) in [4.78, 5) is 11.9. The summed E-state index contributed by atoms with van der Waals surface area (Å²) in [5, 5.41) is 2.36. The summed E-state index contributed by atoms with van der Waals surface area (Å²) in [7, 11) is 1.48. The molecule has 0 bridgehead atoms. The highest BCUT2D eigenvalue weighted by atomic mass is 19.4. The van der Waals surface area contributed by atoms with Crippen molar-refractivity contribution in [2.45, 2.75) is 26.1 Å². The first-order valence-corrected chi connectivity index (χ1v) is 7.84. The average molecular weight is 352 g/mol. The Morgan fingerprint density at radius 2 is 1.96 bits per heavy atom. The summed E-state index contributed by atoms with van der Waals surface area (Å²) in [6, 6.07) is 7.93. The lowest BCUT2D eigenvalue weighted by Gasteiger charge is -2.30. The van der Waals surface area contributed by atoms with Gasteiger partial charge in [-0.25, -0.2) is 5.01 Å². The second-order valence-electron chi connectivity index (χ2n) is 6.84. The van der Waals surface area contributed by atoms with Crippen LogP contribution in [-0.2, 0) is 4.79 Å². The maximum absolute atomic E-state index is 13.8. The maximum atomic E-state index is 13.8. The number of amides is 1. The molecule has 3 rings (SSSR count). The van der Waals surface area contributed by atoms with Crippen LogP contribution in [0.25, 0.3) is 10.8 Å². The smallest absolute Gasteiger partial charge is 0.409 e. The standard InChI is InChI=1S/C18H19F3N2O2/c1-17(2)10-23(22-16(17)24)15(18(19,20)21)12-8-7-11-5-4-6-14(25-3)13(11)9-12/h4-9,15H,10H2,1-3H3,(H,22,24). The predicted octanol–water partition coefficient (Wildman–Crippen LogP) is 3.82. The second-order valence-corrected chi connectivity index (χ2v) is 6.84. The number of alkyl halides is 3. The van der Waals surface area contributed by atoms with Gasteiger partial charge in [0.05, 0.1) is 12.5 Å². The molecule has 1 saturated heterocycles. The van der Waals surface area contributed by atoms with E-state index in [1.54, 1.807) is 32.0 Å². The van der Waals surface area contributed by atoms with Crippen LogP contribution in [-0.4, -0.2) is 30.7 Å². The van der Waals surface area contributed by atoms with Gasteiger partial charge in [0.25, 0.3) is 0 Å². The largest absolute Gasteiger partial charge is 0.496 e. The summed E-state index contributed by atoms with van der Waals surface area (Å²) < 4.78 is 46.6. The third kappa shape index (κ3) is 3.16. The zero-order chi connectivity index (χ0) is 18.4. The van der Waals surface area contributed by atoms with Crippen molar-refractivity contribution in [2.24, 2.45) is 5.41 Å². The van der Waals surface area contributed by atoms with E-state index in [2.05, 4.69) is 5.43 Å². The zero-order valence-corrected chi connectivity index (χ0v) is 14.1. The van der Waals surface area contributed by atoms with Gasteiger partial charge in [-0.05, 0) is 36.9 Å². The summed E-state index contributed by atoms with van der Waals surface area (Å²) in [5.41, 5.74) is 1.55. The van der Waals surface area contributed by atoms with Crippen molar-refractivity contribution in [3.05, 3.63) is 42.0 Å². The highest BCUT2D eigenvalue weighted by Crippen LogP contribution is 2.41. The van der Waals surface area contributed by atoms with Gasteiger partial charge in [-0.1, -0.05) is 24.3 Å². The Balaban J connectivity index is 2.09. The summed E-state index contributed by atoms with van der Waals surface area (Å²) in [5.74, 6) is 0.0891. The fourth-order valence-corrected chi connectivity index (χ4v) is 3.13. The van der Waals surface area contributed by atoms with E-state index in [1.807, 2.05) is 6.07 Å². The first kappa shape index (κ1) is 17.5. The van der Waals surface area contributed by atoms with Crippen molar-refractivity contribution in [3.8, 4) is 5.75 Å². The molecule has 1 atom stereocenters. The number of hydrogen-bond acceptors (Lipinski definition) is 3. The molecule has 134 valence electrons. The molecule has 7 heteroatoms. The molecule has 1 heterocycles. The lowest BCUT2D eigenvalue weighted by atomic mass is 9.93. The SMILES string of the molecule is COc1cccc2ccc(C(N3CC(C)(C)C(=O)N3)C(F)(F)F)cc12. The lowest BCUT2D eigenvalue weighted by Crippen LogP contribution is -2.43. The normalized spacial score (nSPS) is 19.0. The van der Waals surface area contributed by atoms with Crippen molar-refractivity contribution in [1.82, 2.24) is 10.4 Å². The van der Waals surface area contributed by atoms with Crippen LogP contribution >= 0.6 is 0 Å². The Morgan fingerprint density at radius 1 is 1.24 bits per heavy atom. The third-order valence-corrected chi connectivity index (χ3v) is 4.45. The quantitative estimate of drug-likeness (QED) is 0.913. The summed E-state index contributed by atoms with van der Waals surface area (Å²) in [6.45, 7) is 3.22. The molecule has 4 nitrogen and oxygen atoms in total. The van der Waals surface area contributed by atoms with Gasteiger partial charge >= 0.3 is 6.18 Å². The molecule has 1 N–H and O–H groups in total. The van der Waals surface area contributed by atoms with Crippen LogP contribution in [0.4, 0.5) is 13.2 Å². The van der Waals surface area contributed by atoms with Gasteiger partial charge in [-0.3, -0.25) is 10.2 Å². The highest BCUT2D eigenvalue weighted by Gasteiger charge is 2.51. The number of nitrogens with one attached hydrogen (secondary N) is 1. The number of benzene rings is 2. The number of ether oxygens (including phenoxy) is 1. The molecule has 1 amide bonds. The highest BCUT2D eigenvalue weighted by molar-refractivity contribution is 5.89. The first-order valence-electron chi connectivity index (χ1n) is 7.84. The minimum absolute atomic E-state index is 0.0278. The fraction of sp³-hybridized carbons (Fsp3) is 0.389. The third-order valence-electron chi connectivity index (χ3n) is 4.45. The minimum Gasteiger partial charge on any atom is -0.496 e. The van der Waals surface area contributed by atoms with E-state index >= 15 is 0 Å².